The number of rotatable bonds is 6. The minimum Gasteiger partial charge on any atom is -0.324 e. The molecule has 12 rings (SSSR count). The Morgan fingerprint density at radius 2 is 1.21 bits per heavy atom. The molecule has 0 bridgehead atoms. The van der Waals surface area contributed by atoms with Gasteiger partial charge < -0.3 is 5.32 Å². The number of fused-ring (bicyclic) bond motifs is 9. The molecule has 1 spiro atoms. The van der Waals surface area contributed by atoms with Gasteiger partial charge in [0.2, 0.25) is 0 Å². The molecule has 0 saturated carbocycles. The van der Waals surface area contributed by atoms with Crippen LogP contribution in [0.3, 0.4) is 0 Å². The zero-order valence-electron chi connectivity index (χ0n) is 33.8. The maximum Gasteiger partial charge on any atom is 0.169 e. The van der Waals surface area contributed by atoms with E-state index in [0.29, 0.717) is 0 Å². The molecule has 0 radical (unpaired) electrons. The van der Waals surface area contributed by atoms with E-state index in [-0.39, 0.29) is 18.0 Å². The minimum absolute atomic E-state index is 0.180. The lowest BCUT2D eigenvalue weighted by Crippen LogP contribution is -2.38. The van der Waals surface area contributed by atoms with Gasteiger partial charge in [-0.25, -0.2) is 15.0 Å². The van der Waals surface area contributed by atoms with Crippen LogP contribution in [0.25, 0.3) is 16.8 Å². The first-order valence-corrected chi connectivity index (χ1v) is 22.1. The van der Waals surface area contributed by atoms with E-state index in [1.807, 2.05) is 60.6 Å². The van der Waals surface area contributed by atoms with Gasteiger partial charge in [0.25, 0.3) is 0 Å². The molecule has 3 atom stereocenters. The molecule has 3 aliphatic heterocycles. The average molecular weight is 817 g/mol. The normalized spacial score (nSPS) is 20.4. The number of benzene rings is 5. The zero-order valence-corrected chi connectivity index (χ0v) is 34.6. The Balaban J connectivity index is 1.03. The zero-order chi connectivity index (χ0) is 41.0. The number of aliphatic imine (C=N–C) groups is 3. The lowest BCUT2D eigenvalue weighted by atomic mass is 9.64. The SMILES string of the molecule is C1=C2Sc3ccc(C4=NC(c5ccccc5)N=C(c5ccccc5)N4)cc3C3(C2=CC(C2C=C(c4ccccn4)N=C(c4ccccn4)C2)C1)c1ccccc1-c1ccccc13. The number of hydrogen-bond donors (Lipinski definition) is 1. The standard InChI is InChI=1S/C55H40N6S/c1-3-15-35(16-4-1)52-59-53(36-17-5-2-6-18-36)61-54(60-52)38-26-28-51-45(32-38)55(42-21-9-7-19-40(42)41-20-8-10-22-43(41)55)44-31-37(25-27-50(44)62-51)39-33-48(46-23-11-13-29-56-46)58-49(34-39)47-24-12-14-30-57-47/h1-24,26-33,37,39,52H,25,34H2,(H,59,60,61). The third-order valence-electron chi connectivity index (χ3n) is 12.8. The van der Waals surface area contributed by atoms with Crippen molar-refractivity contribution in [1.29, 1.82) is 0 Å². The Hall–Kier alpha value is -7.22. The summed E-state index contributed by atoms with van der Waals surface area (Å²) in [5, 5.41) is 3.69. The van der Waals surface area contributed by atoms with Gasteiger partial charge in [-0.05, 0) is 100 Å². The summed E-state index contributed by atoms with van der Waals surface area (Å²) in [6.07, 6.45) is 12.5. The number of nitrogens with zero attached hydrogens (tertiary/aromatic N) is 5. The number of aromatic nitrogens is 2. The first-order chi connectivity index (χ1) is 30.7. The van der Waals surface area contributed by atoms with Gasteiger partial charge in [-0.2, -0.15) is 0 Å². The molecule has 2 aliphatic carbocycles. The molecule has 5 heterocycles. The van der Waals surface area contributed by atoms with Crippen LogP contribution in [0.15, 0.2) is 225 Å². The van der Waals surface area contributed by atoms with Gasteiger partial charge in [-0.3, -0.25) is 9.97 Å². The molecule has 0 amide bonds. The average Bonchev–Trinajstić information content (AvgIpc) is 3.65. The van der Waals surface area contributed by atoms with Crippen molar-refractivity contribution in [3.8, 4) is 11.1 Å². The molecule has 7 heteroatoms. The predicted molar refractivity (Wildman–Crippen MR) is 251 cm³/mol. The molecule has 6 nitrogen and oxygen atoms in total. The summed E-state index contributed by atoms with van der Waals surface area (Å²) in [5.41, 5.74) is 14.1. The summed E-state index contributed by atoms with van der Waals surface area (Å²) in [5.74, 6) is 2.01. The Kier molecular flexibility index (Phi) is 8.89. The van der Waals surface area contributed by atoms with Crippen molar-refractivity contribution in [3.63, 3.8) is 0 Å². The topological polar surface area (TPSA) is 74.9 Å². The highest BCUT2D eigenvalue weighted by molar-refractivity contribution is 8.03. The van der Waals surface area contributed by atoms with Crippen LogP contribution in [0.4, 0.5) is 0 Å². The molecule has 62 heavy (non-hydrogen) atoms. The Labute approximate surface area is 365 Å². The fourth-order valence-electron chi connectivity index (χ4n) is 10.0. The van der Waals surface area contributed by atoms with Crippen LogP contribution in [0.1, 0.15) is 63.8 Å². The lowest BCUT2D eigenvalue weighted by Gasteiger charge is -2.44. The van der Waals surface area contributed by atoms with Crippen molar-refractivity contribution < 1.29 is 0 Å². The van der Waals surface area contributed by atoms with E-state index >= 15 is 0 Å². The van der Waals surface area contributed by atoms with Crippen molar-refractivity contribution in [3.05, 3.63) is 250 Å². The highest BCUT2D eigenvalue weighted by Gasteiger charge is 2.52. The van der Waals surface area contributed by atoms with Crippen LogP contribution >= 0.6 is 11.8 Å². The molecule has 3 unspecified atom stereocenters. The number of thioether (sulfide) groups is 1. The molecule has 0 fully saturated rings. The van der Waals surface area contributed by atoms with E-state index in [4.69, 9.17) is 24.9 Å². The second-order valence-corrected chi connectivity index (χ2v) is 17.4. The van der Waals surface area contributed by atoms with Crippen LogP contribution < -0.4 is 5.32 Å². The summed E-state index contributed by atoms with van der Waals surface area (Å²) in [6.45, 7) is 0. The summed E-state index contributed by atoms with van der Waals surface area (Å²) in [4.78, 5) is 27.8. The van der Waals surface area contributed by atoms with Crippen LogP contribution in [0.2, 0.25) is 0 Å². The van der Waals surface area contributed by atoms with Gasteiger partial charge in [0, 0.05) is 33.3 Å². The van der Waals surface area contributed by atoms with Gasteiger partial charge >= 0.3 is 0 Å². The number of amidine groups is 2. The molecular formula is C55H40N6S. The second-order valence-electron chi connectivity index (χ2n) is 16.3. The summed E-state index contributed by atoms with van der Waals surface area (Å²) in [7, 11) is 0. The van der Waals surface area contributed by atoms with Crippen molar-refractivity contribution >= 4 is 34.8 Å². The first kappa shape index (κ1) is 36.6. The summed E-state index contributed by atoms with van der Waals surface area (Å²) < 4.78 is 0. The molecule has 2 aromatic heterocycles. The molecule has 296 valence electrons. The van der Waals surface area contributed by atoms with Crippen molar-refractivity contribution in [2.24, 2.45) is 26.8 Å². The molecule has 1 N–H and O–H groups in total. The Bertz CT molecular complexity index is 3030. The maximum atomic E-state index is 5.33. The summed E-state index contributed by atoms with van der Waals surface area (Å²) in [6, 6.07) is 57.9. The van der Waals surface area contributed by atoms with Crippen LogP contribution in [0, 0.1) is 11.8 Å². The van der Waals surface area contributed by atoms with Crippen molar-refractivity contribution in [2.75, 3.05) is 0 Å². The Morgan fingerprint density at radius 1 is 0.565 bits per heavy atom. The predicted octanol–water partition coefficient (Wildman–Crippen LogP) is 11.8. The number of allylic oxidation sites excluding steroid dienone is 4. The fourth-order valence-corrected chi connectivity index (χ4v) is 11.2. The lowest BCUT2D eigenvalue weighted by molar-refractivity contribution is 0.478. The minimum atomic E-state index is -0.557. The smallest absolute Gasteiger partial charge is 0.169 e. The quantitative estimate of drug-likeness (QED) is 0.181. The monoisotopic (exact) mass is 816 g/mol. The van der Waals surface area contributed by atoms with Gasteiger partial charge in [-0.1, -0.05) is 157 Å². The van der Waals surface area contributed by atoms with E-state index < -0.39 is 5.41 Å². The number of nitrogens with one attached hydrogen (secondary N) is 1. The highest BCUT2D eigenvalue weighted by Crippen LogP contribution is 2.65. The molecule has 5 aliphatic rings. The number of pyridine rings is 2. The highest BCUT2D eigenvalue weighted by atomic mass is 32.2. The van der Waals surface area contributed by atoms with Crippen LogP contribution in [-0.4, -0.2) is 27.4 Å². The van der Waals surface area contributed by atoms with Crippen molar-refractivity contribution in [2.45, 2.75) is 29.3 Å². The largest absolute Gasteiger partial charge is 0.324 e. The number of hydrogen-bond acceptors (Lipinski definition) is 7. The van der Waals surface area contributed by atoms with Gasteiger partial charge in [0.1, 0.15) is 11.7 Å². The van der Waals surface area contributed by atoms with Gasteiger partial charge in [-0.15, -0.1) is 0 Å². The van der Waals surface area contributed by atoms with Gasteiger partial charge in [0.05, 0.1) is 28.2 Å². The van der Waals surface area contributed by atoms with E-state index in [1.165, 1.54) is 43.2 Å². The third-order valence-corrected chi connectivity index (χ3v) is 14.0. The van der Waals surface area contributed by atoms with Crippen LogP contribution in [0.5, 0.6) is 0 Å². The molecule has 0 saturated heterocycles. The Morgan fingerprint density at radius 3 is 1.92 bits per heavy atom. The second kappa shape index (κ2) is 15.0. The maximum absolute atomic E-state index is 5.33. The first-order valence-electron chi connectivity index (χ1n) is 21.3. The third kappa shape index (κ3) is 6.06. The van der Waals surface area contributed by atoms with E-state index in [0.717, 1.165) is 64.0 Å². The molecule has 7 aromatic rings. The van der Waals surface area contributed by atoms with E-state index in [9.17, 15) is 0 Å². The van der Waals surface area contributed by atoms with Gasteiger partial charge in [0.15, 0.2) is 6.17 Å². The fraction of sp³-hybridized carbons (Fsp3) is 0.109. The molecule has 5 aromatic carbocycles. The van der Waals surface area contributed by atoms with E-state index in [2.05, 4.69) is 151 Å². The van der Waals surface area contributed by atoms with Crippen molar-refractivity contribution in [1.82, 2.24) is 15.3 Å². The molecular weight excluding hydrogens is 777 g/mol. The summed E-state index contributed by atoms with van der Waals surface area (Å²) >= 11 is 1.89. The van der Waals surface area contributed by atoms with Crippen LogP contribution in [-0.2, 0) is 5.41 Å². The van der Waals surface area contributed by atoms with E-state index in [1.54, 1.807) is 0 Å².